The normalized spacial score (nSPS) is 14.6. The number of fused-ring (bicyclic) bond motifs is 1. The van der Waals surface area contributed by atoms with Crippen molar-refractivity contribution in [2.45, 2.75) is 73.0 Å². The van der Waals surface area contributed by atoms with Gasteiger partial charge in [-0.2, -0.15) is 0 Å². The van der Waals surface area contributed by atoms with E-state index in [9.17, 15) is 4.79 Å². The predicted octanol–water partition coefficient (Wildman–Crippen LogP) is 4.93. The Morgan fingerprint density at radius 2 is 1.84 bits per heavy atom. The summed E-state index contributed by atoms with van der Waals surface area (Å²) in [5.74, 6) is 1.85. The number of hydrogen-bond acceptors (Lipinski definition) is 5. The summed E-state index contributed by atoms with van der Waals surface area (Å²) in [7, 11) is 0. The molecule has 0 spiro atoms. The Hall–Kier alpha value is -3.15. The number of amides is 1. The van der Waals surface area contributed by atoms with Crippen LogP contribution in [0.25, 0.3) is 0 Å². The van der Waals surface area contributed by atoms with E-state index in [1.165, 1.54) is 27.8 Å². The molecule has 3 heterocycles. The Kier molecular flexibility index (Phi) is 5.80. The highest BCUT2D eigenvalue weighted by Crippen LogP contribution is 2.41. The number of aromatic nitrogens is 2. The molecule has 1 aliphatic rings. The van der Waals surface area contributed by atoms with Gasteiger partial charge in [-0.05, 0) is 94.3 Å². The summed E-state index contributed by atoms with van der Waals surface area (Å²) in [6.07, 6.45) is 6.00. The van der Waals surface area contributed by atoms with Crippen LogP contribution in [0.1, 0.15) is 75.8 Å². The zero-order chi connectivity index (χ0) is 23.0. The van der Waals surface area contributed by atoms with Crippen molar-refractivity contribution in [1.29, 1.82) is 0 Å². The number of ether oxygens (including phenoxy) is 1. The first kappa shape index (κ1) is 22.1. The smallest absolute Gasteiger partial charge is 0.287 e. The molecular weight excluding hydrogens is 402 g/mol. The van der Waals surface area contributed by atoms with Gasteiger partial charge in [-0.15, -0.1) is 0 Å². The monoisotopic (exact) mass is 433 g/mol. The zero-order valence-electron chi connectivity index (χ0n) is 19.8. The SMILES string of the molecule is Cc1cnc(CNC(=O)c2ccc(Cc3c(C)c(C)c4c(c3C)CCC(C)(C)O4)o2)cn1. The van der Waals surface area contributed by atoms with Gasteiger partial charge in [-0.3, -0.25) is 14.8 Å². The molecular formula is C26H31N3O3. The van der Waals surface area contributed by atoms with Crippen LogP contribution in [0.2, 0.25) is 0 Å². The Morgan fingerprint density at radius 1 is 1.06 bits per heavy atom. The molecule has 2 aromatic heterocycles. The van der Waals surface area contributed by atoms with E-state index in [4.69, 9.17) is 9.15 Å². The minimum atomic E-state index is -0.260. The molecule has 1 aromatic carbocycles. The van der Waals surface area contributed by atoms with Crippen LogP contribution in [0.3, 0.4) is 0 Å². The topological polar surface area (TPSA) is 77.2 Å². The maximum Gasteiger partial charge on any atom is 0.287 e. The number of furan rings is 1. The molecule has 1 N–H and O–H groups in total. The third-order valence-electron chi connectivity index (χ3n) is 6.39. The second-order valence-corrected chi connectivity index (χ2v) is 9.30. The number of rotatable bonds is 5. The fraction of sp³-hybridized carbons (Fsp3) is 0.423. The quantitative estimate of drug-likeness (QED) is 0.617. The van der Waals surface area contributed by atoms with Gasteiger partial charge in [-0.25, -0.2) is 0 Å². The molecule has 4 rings (SSSR count). The average Bonchev–Trinajstić information content (AvgIpc) is 3.23. The van der Waals surface area contributed by atoms with Crippen molar-refractivity contribution in [2.24, 2.45) is 0 Å². The van der Waals surface area contributed by atoms with Gasteiger partial charge in [0, 0.05) is 12.6 Å². The second kappa shape index (κ2) is 8.41. The van der Waals surface area contributed by atoms with E-state index in [-0.39, 0.29) is 11.5 Å². The van der Waals surface area contributed by atoms with Gasteiger partial charge in [-0.1, -0.05) is 0 Å². The summed E-state index contributed by atoms with van der Waals surface area (Å²) in [6, 6.07) is 3.61. The van der Waals surface area contributed by atoms with Crippen molar-refractivity contribution in [3.8, 4) is 5.75 Å². The van der Waals surface area contributed by atoms with E-state index in [2.05, 4.69) is 49.9 Å². The van der Waals surface area contributed by atoms with Crippen molar-refractivity contribution >= 4 is 5.91 Å². The average molecular weight is 434 g/mol. The minimum absolute atomic E-state index is 0.133. The van der Waals surface area contributed by atoms with Gasteiger partial charge in [0.2, 0.25) is 0 Å². The summed E-state index contributed by atoms with van der Waals surface area (Å²) < 4.78 is 12.2. The van der Waals surface area contributed by atoms with Gasteiger partial charge >= 0.3 is 0 Å². The Balaban J connectivity index is 1.50. The van der Waals surface area contributed by atoms with Crippen molar-refractivity contribution in [3.05, 3.63) is 75.3 Å². The molecule has 0 saturated heterocycles. The van der Waals surface area contributed by atoms with Gasteiger partial charge in [0.05, 0.1) is 24.1 Å². The van der Waals surface area contributed by atoms with E-state index in [0.29, 0.717) is 24.4 Å². The highest BCUT2D eigenvalue weighted by Gasteiger charge is 2.30. The van der Waals surface area contributed by atoms with Crippen LogP contribution in [0.4, 0.5) is 0 Å². The standard InChI is InChI=1S/C26H31N3O3/c1-15-12-28-19(13-27-15)14-29-25(30)23-8-7-20(31-23)11-22-16(2)17(3)24-21(18(22)4)9-10-26(5,6)32-24/h7-8,12-13H,9-11,14H2,1-6H3,(H,29,30). The third-order valence-corrected chi connectivity index (χ3v) is 6.39. The van der Waals surface area contributed by atoms with E-state index in [1.807, 2.05) is 13.0 Å². The predicted molar refractivity (Wildman–Crippen MR) is 123 cm³/mol. The summed E-state index contributed by atoms with van der Waals surface area (Å²) in [5.41, 5.74) is 7.64. The fourth-order valence-corrected chi connectivity index (χ4v) is 4.25. The molecule has 0 saturated carbocycles. The molecule has 1 amide bonds. The molecule has 168 valence electrons. The lowest BCUT2D eigenvalue weighted by Gasteiger charge is -2.35. The Bertz CT molecular complexity index is 1160. The van der Waals surface area contributed by atoms with Gasteiger partial charge < -0.3 is 14.5 Å². The molecule has 1 aliphatic heterocycles. The van der Waals surface area contributed by atoms with E-state index < -0.39 is 0 Å². The van der Waals surface area contributed by atoms with Crippen molar-refractivity contribution < 1.29 is 13.9 Å². The lowest BCUT2D eigenvalue weighted by Crippen LogP contribution is -2.33. The maximum atomic E-state index is 12.5. The van der Waals surface area contributed by atoms with Crippen LogP contribution in [0.15, 0.2) is 28.9 Å². The summed E-state index contributed by atoms with van der Waals surface area (Å²) in [5, 5.41) is 2.84. The lowest BCUT2D eigenvalue weighted by atomic mass is 9.84. The number of benzene rings is 1. The molecule has 0 aliphatic carbocycles. The van der Waals surface area contributed by atoms with Crippen LogP contribution < -0.4 is 10.1 Å². The number of aryl methyl sites for hydroxylation is 1. The number of carbonyl (C=O) groups is 1. The Morgan fingerprint density at radius 3 is 2.56 bits per heavy atom. The van der Waals surface area contributed by atoms with Gasteiger partial charge in [0.15, 0.2) is 5.76 Å². The fourth-order valence-electron chi connectivity index (χ4n) is 4.25. The van der Waals surface area contributed by atoms with Gasteiger partial charge in [0.1, 0.15) is 17.1 Å². The first-order chi connectivity index (χ1) is 15.1. The third kappa shape index (κ3) is 4.40. The molecule has 6 nitrogen and oxygen atoms in total. The van der Waals surface area contributed by atoms with Crippen LogP contribution in [0, 0.1) is 27.7 Å². The molecule has 0 bridgehead atoms. The van der Waals surface area contributed by atoms with Crippen molar-refractivity contribution in [2.75, 3.05) is 0 Å². The second-order valence-electron chi connectivity index (χ2n) is 9.30. The van der Waals surface area contributed by atoms with E-state index in [1.54, 1.807) is 18.5 Å². The number of nitrogens with one attached hydrogen (secondary N) is 1. The molecule has 0 radical (unpaired) electrons. The zero-order valence-corrected chi connectivity index (χ0v) is 19.8. The van der Waals surface area contributed by atoms with E-state index >= 15 is 0 Å². The Labute approximate surface area is 189 Å². The lowest BCUT2D eigenvalue weighted by molar-refractivity contribution is 0.0833. The van der Waals surface area contributed by atoms with Crippen molar-refractivity contribution in [1.82, 2.24) is 15.3 Å². The summed E-state index contributed by atoms with van der Waals surface area (Å²) >= 11 is 0. The summed E-state index contributed by atoms with van der Waals surface area (Å²) in [6.45, 7) is 12.9. The van der Waals surface area contributed by atoms with Crippen LogP contribution in [0.5, 0.6) is 5.75 Å². The molecule has 6 heteroatoms. The van der Waals surface area contributed by atoms with E-state index in [0.717, 1.165) is 30.0 Å². The minimum Gasteiger partial charge on any atom is -0.487 e. The first-order valence-electron chi connectivity index (χ1n) is 11.1. The number of hydrogen-bond donors (Lipinski definition) is 1. The molecule has 0 atom stereocenters. The summed E-state index contributed by atoms with van der Waals surface area (Å²) in [4.78, 5) is 21.0. The van der Waals surface area contributed by atoms with Crippen LogP contribution >= 0.6 is 0 Å². The molecule has 0 fully saturated rings. The van der Waals surface area contributed by atoms with Crippen molar-refractivity contribution in [3.63, 3.8) is 0 Å². The maximum absolute atomic E-state index is 12.5. The van der Waals surface area contributed by atoms with Gasteiger partial charge in [0.25, 0.3) is 5.91 Å². The molecule has 32 heavy (non-hydrogen) atoms. The number of nitrogens with zero attached hydrogens (tertiary/aromatic N) is 2. The number of carbonyl (C=O) groups excluding carboxylic acids is 1. The highest BCUT2D eigenvalue weighted by molar-refractivity contribution is 5.91. The highest BCUT2D eigenvalue weighted by atomic mass is 16.5. The molecule has 3 aromatic rings. The van der Waals surface area contributed by atoms with Crippen LogP contribution in [-0.2, 0) is 19.4 Å². The largest absolute Gasteiger partial charge is 0.487 e. The first-order valence-corrected chi connectivity index (χ1v) is 11.1. The van der Waals surface area contributed by atoms with Crippen LogP contribution in [-0.4, -0.2) is 21.5 Å². The molecule has 0 unspecified atom stereocenters.